The van der Waals surface area contributed by atoms with Gasteiger partial charge in [-0.2, -0.15) is 0 Å². The SMILES string of the molecule is CN(Cc1cccc(Cl)c1)Cc1nnsc1NN. The zero-order valence-electron chi connectivity index (χ0n) is 9.93. The third kappa shape index (κ3) is 3.39. The maximum atomic E-state index is 5.95. The van der Waals surface area contributed by atoms with E-state index in [1.807, 2.05) is 31.3 Å². The van der Waals surface area contributed by atoms with Gasteiger partial charge < -0.3 is 5.43 Å². The lowest BCUT2D eigenvalue weighted by molar-refractivity contribution is 0.315. The van der Waals surface area contributed by atoms with Gasteiger partial charge in [0.15, 0.2) is 0 Å². The van der Waals surface area contributed by atoms with Gasteiger partial charge in [-0.25, -0.2) is 5.84 Å². The van der Waals surface area contributed by atoms with Crippen LogP contribution in [0, 0.1) is 0 Å². The lowest BCUT2D eigenvalue weighted by Gasteiger charge is -2.15. The minimum atomic E-state index is 0.683. The molecule has 1 aromatic carbocycles. The molecular formula is C11H14ClN5S. The average molecular weight is 284 g/mol. The molecule has 0 spiro atoms. The molecule has 2 aromatic rings. The number of nitrogen functional groups attached to an aromatic ring is 1. The summed E-state index contributed by atoms with van der Waals surface area (Å²) in [6, 6.07) is 7.82. The summed E-state index contributed by atoms with van der Waals surface area (Å²) in [6.45, 7) is 1.48. The molecule has 7 heteroatoms. The molecule has 0 bridgehead atoms. The second-order valence-electron chi connectivity index (χ2n) is 4.00. The van der Waals surface area contributed by atoms with Crippen LogP contribution in [0.5, 0.6) is 0 Å². The number of hydrogen-bond donors (Lipinski definition) is 2. The van der Waals surface area contributed by atoms with E-state index in [0.29, 0.717) is 6.54 Å². The van der Waals surface area contributed by atoms with Gasteiger partial charge in [-0.05, 0) is 24.7 Å². The molecule has 0 radical (unpaired) electrons. The van der Waals surface area contributed by atoms with E-state index < -0.39 is 0 Å². The normalized spacial score (nSPS) is 10.9. The standard InChI is InChI=1S/C11H14ClN5S/c1-17(6-8-3-2-4-9(12)5-8)7-10-11(14-13)18-16-15-10/h2-5,14H,6-7,13H2,1H3. The van der Waals surface area contributed by atoms with Crippen molar-refractivity contribution in [1.29, 1.82) is 0 Å². The quantitative estimate of drug-likeness (QED) is 0.650. The first-order valence-electron chi connectivity index (χ1n) is 5.40. The second-order valence-corrected chi connectivity index (χ2v) is 5.19. The number of hydrazine groups is 1. The van der Waals surface area contributed by atoms with Crippen molar-refractivity contribution in [2.45, 2.75) is 13.1 Å². The lowest BCUT2D eigenvalue weighted by Crippen LogP contribution is -2.19. The fourth-order valence-corrected chi connectivity index (χ4v) is 2.38. The highest BCUT2D eigenvalue weighted by Crippen LogP contribution is 2.18. The van der Waals surface area contributed by atoms with E-state index >= 15 is 0 Å². The highest BCUT2D eigenvalue weighted by atomic mass is 35.5. The summed E-state index contributed by atoms with van der Waals surface area (Å²) in [6.07, 6.45) is 0. The summed E-state index contributed by atoms with van der Waals surface area (Å²) in [7, 11) is 2.01. The Hall–Kier alpha value is -1.21. The highest BCUT2D eigenvalue weighted by molar-refractivity contribution is 7.10. The molecule has 1 heterocycles. The molecule has 0 fully saturated rings. The molecule has 1 aromatic heterocycles. The van der Waals surface area contributed by atoms with Crippen LogP contribution in [0.4, 0.5) is 5.00 Å². The Kier molecular flexibility index (Phi) is 4.48. The van der Waals surface area contributed by atoms with Crippen molar-refractivity contribution in [3.63, 3.8) is 0 Å². The van der Waals surface area contributed by atoms with E-state index in [2.05, 4.69) is 19.9 Å². The van der Waals surface area contributed by atoms with Crippen LogP contribution in [0.2, 0.25) is 5.02 Å². The monoisotopic (exact) mass is 283 g/mol. The fourth-order valence-electron chi connectivity index (χ4n) is 1.68. The van der Waals surface area contributed by atoms with Crippen LogP contribution >= 0.6 is 23.1 Å². The molecule has 5 nitrogen and oxygen atoms in total. The van der Waals surface area contributed by atoms with Crippen molar-refractivity contribution >= 4 is 28.1 Å². The second kappa shape index (κ2) is 6.10. The zero-order valence-corrected chi connectivity index (χ0v) is 11.5. The molecule has 0 aliphatic rings. The molecule has 0 unspecified atom stereocenters. The molecule has 18 heavy (non-hydrogen) atoms. The van der Waals surface area contributed by atoms with E-state index in [1.165, 1.54) is 11.5 Å². The largest absolute Gasteiger partial charge is 0.313 e. The fraction of sp³-hybridized carbons (Fsp3) is 0.273. The molecule has 0 saturated carbocycles. The van der Waals surface area contributed by atoms with Gasteiger partial charge in [-0.3, -0.25) is 4.90 Å². The van der Waals surface area contributed by atoms with Gasteiger partial charge in [-0.1, -0.05) is 28.2 Å². The smallest absolute Gasteiger partial charge is 0.148 e. The van der Waals surface area contributed by atoms with Crippen molar-refractivity contribution in [3.05, 3.63) is 40.5 Å². The van der Waals surface area contributed by atoms with Crippen molar-refractivity contribution in [2.24, 2.45) is 5.84 Å². The summed E-state index contributed by atoms with van der Waals surface area (Å²) in [5.74, 6) is 5.39. The summed E-state index contributed by atoms with van der Waals surface area (Å²) in [5, 5.41) is 5.59. The predicted octanol–water partition coefficient (Wildman–Crippen LogP) is 2.11. The van der Waals surface area contributed by atoms with Gasteiger partial charge >= 0.3 is 0 Å². The molecule has 0 saturated heterocycles. The van der Waals surface area contributed by atoms with Gasteiger partial charge in [0.05, 0.1) is 0 Å². The van der Waals surface area contributed by atoms with E-state index in [4.69, 9.17) is 17.4 Å². The van der Waals surface area contributed by atoms with Gasteiger partial charge in [0.2, 0.25) is 0 Å². The molecule has 0 aliphatic carbocycles. The van der Waals surface area contributed by atoms with Crippen LogP contribution in [0.3, 0.4) is 0 Å². The topological polar surface area (TPSA) is 67.1 Å². The number of nitrogens with two attached hydrogens (primary N) is 1. The molecule has 0 aliphatic heterocycles. The zero-order chi connectivity index (χ0) is 13.0. The van der Waals surface area contributed by atoms with Crippen LogP contribution in [0.15, 0.2) is 24.3 Å². The number of rotatable bonds is 5. The first-order valence-corrected chi connectivity index (χ1v) is 6.55. The average Bonchev–Trinajstić information content (AvgIpc) is 2.76. The number of anilines is 1. The summed E-state index contributed by atoms with van der Waals surface area (Å²) < 4.78 is 3.87. The van der Waals surface area contributed by atoms with E-state index in [0.717, 1.165) is 27.8 Å². The molecule has 0 amide bonds. The van der Waals surface area contributed by atoms with E-state index in [1.54, 1.807) is 0 Å². The van der Waals surface area contributed by atoms with Crippen molar-refractivity contribution in [1.82, 2.24) is 14.5 Å². The molecule has 0 atom stereocenters. The van der Waals surface area contributed by atoms with Crippen LogP contribution in [0.25, 0.3) is 0 Å². The van der Waals surface area contributed by atoms with Gasteiger partial charge in [0.1, 0.15) is 10.7 Å². The van der Waals surface area contributed by atoms with Crippen LogP contribution in [-0.4, -0.2) is 21.5 Å². The third-order valence-corrected chi connectivity index (χ3v) is 3.38. The van der Waals surface area contributed by atoms with Gasteiger partial charge in [0.25, 0.3) is 0 Å². The number of nitrogens with one attached hydrogen (secondary N) is 1. The maximum Gasteiger partial charge on any atom is 0.148 e. The first kappa shape index (κ1) is 13.2. The number of aromatic nitrogens is 2. The van der Waals surface area contributed by atoms with Crippen LogP contribution in [0.1, 0.15) is 11.3 Å². The maximum absolute atomic E-state index is 5.95. The molecule has 96 valence electrons. The Balaban J connectivity index is 1.98. The number of benzene rings is 1. The minimum Gasteiger partial charge on any atom is -0.313 e. The Morgan fingerprint density at radius 2 is 2.28 bits per heavy atom. The molecular weight excluding hydrogens is 270 g/mol. The van der Waals surface area contributed by atoms with Crippen molar-refractivity contribution < 1.29 is 0 Å². The van der Waals surface area contributed by atoms with Gasteiger partial charge in [0, 0.05) is 29.6 Å². The number of hydrogen-bond acceptors (Lipinski definition) is 6. The lowest BCUT2D eigenvalue weighted by atomic mass is 10.2. The van der Waals surface area contributed by atoms with Crippen LogP contribution in [-0.2, 0) is 13.1 Å². The van der Waals surface area contributed by atoms with Gasteiger partial charge in [-0.15, -0.1) is 5.10 Å². The minimum absolute atomic E-state index is 0.683. The van der Waals surface area contributed by atoms with E-state index in [-0.39, 0.29) is 0 Å². The van der Waals surface area contributed by atoms with Crippen molar-refractivity contribution in [3.8, 4) is 0 Å². The number of halogens is 1. The summed E-state index contributed by atoms with van der Waals surface area (Å²) in [4.78, 5) is 2.13. The Morgan fingerprint density at radius 1 is 1.44 bits per heavy atom. The Bertz CT molecular complexity index is 516. The summed E-state index contributed by atoms with van der Waals surface area (Å²) in [5.41, 5.74) is 4.62. The Labute approximate surface area is 115 Å². The molecule has 3 N–H and O–H groups in total. The highest BCUT2D eigenvalue weighted by Gasteiger charge is 2.10. The first-order chi connectivity index (χ1) is 8.69. The third-order valence-electron chi connectivity index (χ3n) is 2.45. The Morgan fingerprint density at radius 3 is 3.00 bits per heavy atom. The van der Waals surface area contributed by atoms with Crippen molar-refractivity contribution in [2.75, 3.05) is 12.5 Å². The van der Waals surface area contributed by atoms with Crippen LogP contribution < -0.4 is 11.3 Å². The molecule has 2 rings (SSSR count). The summed E-state index contributed by atoms with van der Waals surface area (Å²) >= 11 is 7.21. The predicted molar refractivity (Wildman–Crippen MR) is 74.3 cm³/mol. The van der Waals surface area contributed by atoms with E-state index in [9.17, 15) is 0 Å². The number of nitrogens with zero attached hydrogens (tertiary/aromatic N) is 3.